The van der Waals surface area contributed by atoms with Gasteiger partial charge in [0.25, 0.3) is 0 Å². The van der Waals surface area contributed by atoms with Crippen molar-refractivity contribution in [2.75, 3.05) is 13.7 Å². The van der Waals surface area contributed by atoms with Gasteiger partial charge in [0.15, 0.2) is 5.60 Å². The van der Waals surface area contributed by atoms with Crippen molar-refractivity contribution in [3.8, 4) is 0 Å². The van der Waals surface area contributed by atoms with Gasteiger partial charge in [-0.05, 0) is 12.8 Å². The van der Waals surface area contributed by atoms with Crippen molar-refractivity contribution in [3.05, 3.63) is 0 Å². The highest BCUT2D eigenvalue weighted by molar-refractivity contribution is 5.77. The van der Waals surface area contributed by atoms with Crippen LogP contribution in [0.2, 0.25) is 0 Å². The summed E-state index contributed by atoms with van der Waals surface area (Å²) in [4.78, 5) is 10.8. The summed E-state index contributed by atoms with van der Waals surface area (Å²) in [5.41, 5.74) is -1.65. The molecule has 0 saturated heterocycles. The topological polar surface area (TPSA) is 66.8 Å². The minimum absolute atomic E-state index is 0.199. The third kappa shape index (κ3) is 2.67. The van der Waals surface area contributed by atoms with E-state index in [2.05, 4.69) is 0 Å². The molecule has 0 radical (unpaired) electrons. The zero-order valence-corrected chi connectivity index (χ0v) is 8.41. The molecule has 0 aliphatic heterocycles. The molecule has 0 fully saturated rings. The fourth-order valence-corrected chi connectivity index (χ4v) is 1.41. The first kappa shape index (κ1) is 12.4. The Balaban J connectivity index is 4.58. The smallest absolute Gasteiger partial charge is 0.336 e. The lowest BCUT2D eigenvalue weighted by atomic mass is 9.84. The van der Waals surface area contributed by atoms with Crippen molar-refractivity contribution in [2.45, 2.75) is 32.3 Å². The van der Waals surface area contributed by atoms with Crippen molar-refractivity contribution in [1.29, 1.82) is 0 Å². The Morgan fingerprint density at radius 1 is 1.54 bits per heavy atom. The summed E-state index contributed by atoms with van der Waals surface area (Å²) < 4.78 is 4.87. The summed E-state index contributed by atoms with van der Waals surface area (Å²) in [6, 6.07) is 0. The molecule has 13 heavy (non-hydrogen) atoms. The molecule has 4 nitrogen and oxygen atoms in total. The van der Waals surface area contributed by atoms with E-state index in [1.807, 2.05) is 6.92 Å². The van der Waals surface area contributed by atoms with E-state index < -0.39 is 11.6 Å². The van der Waals surface area contributed by atoms with Crippen LogP contribution >= 0.6 is 0 Å². The SMILES string of the molecule is CCC(COC)C(O)(CC)C(=O)O. The molecular formula is C9H18O4. The molecule has 0 amide bonds. The number of ether oxygens (including phenoxy) is 1. The van der Waals surface area contributed by atoms with Crippen molar-refractivity contribution in [2.24, 2.45) is 5.92 Å². The number of methoxy groups -OCH3 is 1. The lowest BCUT2D eigenvalue weighted by Crippen LogP contribution is -2.46. The largest absolute Gasteiger partial charge is 0.479 e. The number of aliphatic carboxylic acids is 1. The summed E-state index contributed by atoms with van der Waals surface area (Å²) in [6.07, 6.45) is 0.786. The van der Waals surface area contributed by atoms with Gasteiger partial charge < -0.3 is 14.9 Å². The Morgan fingerprint density at radius 3 is 2.31 bits per heavy atom. The van der Waals surface area contributed by atoms with E-state index in [1.54, 1.807) is 6.92 Å². The lowest BCUT2D eigenvalue weighted by Gasteiger charge is -2.30. The molecule has 0 aromatic carbocycles. The summed E-state index contributed by atoms with van der Waals surface area (Å²) in [5, 5.41) is 18.7. The average Bonchev–Trinajstić information content (AvgIpc) is 2.12. The molecule has 0 spiro atoms. The molecule has 0 aromatic rings. The van der Waals surface area contributed by atoms with Crippen molar-refractivity contribution >= 4 is 5.97 Å². The third-order valence-electron chi connectivity index (χ3n) is 2.45. The second-order valence-electron chi connectivity index (χ2n) is 3.14. The Kier molecular flexibility index (Phi) is 4.95. The van der Waals surface area contributed by atoms with Crippen molar-refractivity contribution in [1.82, 2.24) is 0 Å². The predicted octanol–water partition coefficient (Wildman–Crippen LogP) is 0.885. The van der Waals surface area contributed by atoms with Crippen LogP contribution in [-0.2, 0) is 9.53 Å². The van der Waals surface area contributed by atoms with E-state index in [0.29, 0.717) is 6.42 Å². The monoisotopic (exact) mass is 190 g/mol. The number of aliphatic hydroxyl groups is 1. The molecule has 0 heterocycles. The molecule has 2 N–H and O–H groups in total. The Hall–Kier alpha value is -0.610. The maximum atomic E-state index is 10.8. The molecule has 2 unspecified atom stereocenters. The van der Waals surface area contributed by atoms with Gasteiger partial charge in [-0.25, -0.2) is 4.79 Å². The normalized spacial score (nSPS) is 17.8. The number of hydrogen-bond acceptors (Lipinski definition) is 3. The third-order valence-corrected chi connectivity index (χ3v) is 2.45. The minimum atomic E-state index is -1.65. The van der Waals surface area contributed by atoms with Crippen LogP contribution in [0.25, 0.3) is 0 Å². The number of carbonyl (C=O) groups is 1. The number of hydrogen-bond donors (Lipinski definition) is 2. The van der Waals surface area contributed by atoms with Gasteiger partial charge in [0.05, 0.1) is 6.61 Å². The standard InChI is InChI=1S/C9H18O4/c1-4-7(6-13-3)9(12,5-2)8(10)11/h7,12H,4-6H2,1-3H3,(H,10,11). The number of carboxylic acid groups (broad SMARTS) is 1. The first-order valence-electron chi connectivity index (χ1n) is 4.47. The van der Waals surface area contributed by atoms with Crippen LogP contribution in [-0.4, -0.2) is 35.5 Å². The first-order valence-corrected chi connectivity index (χ1v) is 4.47. The summed E-state index contributed by atoms with van der Waals surface area (Å²) >= 11 is 0. The van der Waals surface area contributed by atoms with E-state index in [0.717, 1.165) is 0 Å². The maximum Gasteiger partial charge on any atom is 0.336 e. The molecule has 0 saturated carbocycles. The van der Waals surface area contributed by atoms with Gasteiger partial charge in [0.2, 0.25) is 0 Å². The molecule has 78 valence electrons. The van der Waals surface area contributed by atoms with E-state index in [-0.39, 0.29) is 18.9 Å². The first-order chi connectivity index (χ1) is 6.02. The Morgan fingerprint density at radius 2 is 2.08 bits per heavy atom. The van der Waals surface area contributed by atoms with E-state index in [9.17, 15) is 9.90 Å². The van der Waals surface area contributed by atoms with Crippen LogP contribution in [0, 0.1) is 5.92 Å². The second kappa shape index (κ2) is 5.19. The van der Waals surface area contributed by atoms with Crippen LogP contribution in [0.1, 0.15) is 26.7 Å². The highest BCUT2D eigenvalue weighted by Crippen LogP contribution is 2.25. The lowest BCUT2D eigenvalue weighted by molar-refractivity contribution is -0.168. The van der Waals surface area contributed by atoms with Crippen LogP contribution < -0.4 is 0 Å². The van der Waals surface area contributed by atoms with Gasteiger partial charge >= 0.3 is 5.97 Å². The zero-order chi connectivity index (χ0) is 10.5. The predicted molar refractivity (Wildman–Crippen MR) is 48.5 cm³/mol. The molecule has 0 bridgehead atoms. The summed E-state index contributed by atoms with van der Waals surface area (Å²) in [5.74, 6) is -1.51. The van der Waals surface area contributed by atoms with Gasteiger partial charge in [-0.1, -0.05) is 13.8 Å². The van der Waals surface area contributed by atoms with Gasteiger partial charge in [-0.15, -0.1) is 0 Å². The van der Waals surface area contributed by atoms with Gasteiger partial charge in [0, 0.05) is 13.0 Å². The van der Waals surface area contributed by atoms with Gasteiger partial charge in [-0.3, -0.25) is 0 Å². The fraction of sp³-hybridized carbons (Fsp3) is 0.889. The molecule has 0 aliphatic carbocycles. The van der Waals surface area contributed by atoms with Crippen LogP contribution in [0.3, 0.4) is 0 Å². The second-order valence-corrected chi connectivity index (χ2v) is 3.14. The Bertz CT molecular complexity index is 169. The van der Waals surface area contributed by atoms with E-state index in [4.69, 9.17) is 9.84 Å². The quantitative estimate of drug-likeness (QED) is 0.652. The molecule has 2 atom stereocenters. The highest BCUT2D eigenvalue weighted by atomic mass is 16.5. The van der Waals surface area contributed by atoms with E-state index in [1.165, 1.54) is 7.11 Å². The molecule has 0 aliphatic rings. The fourth-order valence-electron chi connectivity index (χ4n) is 1.41. The van der Waals surface area contributed by atoms with Crippen molar-refractivity contribution in [3.63, 3.8) is 0 Å². The summed E-state index contributed by atoms with van der Waals surface area (Å²) in [6.45, 7) is 3.77. The minimum Gasteiger partial charge on any atom is -0.479 e. The average molecular weight is 190 g/mol. The Labute approximate surface area is 78.5 Å². The molecular weight excluding hydrogens is 172 g/mol. The highest BCUT2D eigenvalue weighted by Gasteiger charge is 2.41. The van der Waals surface area contributed by atoms with Gasteiger partial charge in [0.1, 0.15) is 0 Å². The molecule has 4 heteroatoms. The number of rotatable bonds is 6. The molecule has 0 aromatic heterocycles. The van der Waals surface area contributed by atoms with Crippen LogP contribution in [0.5, 0.6) is 0 Å². The molecule has 0 rings (SSSR count). The number of carboxylic acids is 1. The summed E-state index contributed by atoms with van der Waals surface area (Å²) in [7, 11) is 1.50. The van der Waals surface area contributed by atoms with Crippen molar-refractivity contribution < 1.29 is 19.7 Å². The zero-order valence-electron chi connectivity index (χ0n) is 8.41. The van der Waals surface area contributed by atoms with E-state index >= 15 is 0 Å². The van der Waals surface area contributed by atoms with Gasteiger partial charge in [-0.2, -0.15) is 0 Å². The van der Waals surface area contributed by atoms with Crippen LogP contribution in [0.4, 0.5) is 0 Å². The van der Waals surface area contributed by atoms with Crippen LogP contribution in [0.15, 0.2) is 0 Å². The maximum absolute atomic E-state index is 10.8.